The molecule has 0 spiro atoms. The molecule has 1 aliphatic carbocycles. The minimum absolute atomic E-state index is 0.0314. The average Bonchev–Trinajstić information content (AvgIpc) is 2.80. The second-order valence-corrected chi connectivity index (χ2v) is 5.09. The van der Waals surface area contributed by atoms with Gasteiger partial charge in [0.15, 0.2) is 0 Å². The number of nitrogens with one attached hydrogen (secondary N) is 2. The maximum atomic E-state index is 11.7. The summed E-state index contributed by atoms with van der Waals surface area (Å²) in [7, 11) is 0. The second-order valence-electron chi connectivity index (χ2n) is 5.09. The van der Waals surface area contributed by atoms with Gasteiger partial charge in [0.05, 0.1) is 6.42 Å². The highest BCUT2D eigenvalue weighted by molar-refractivity contribution is 5.81. The Balaban J connectivity index is 2.12. The number of rotatable bonds is 7. The minimum atomic E-state index is -0.942. The van der Waals surface area contributed by atoms with Crippen LogP contribution in [0.3, 0.4) is 0 Å². The van der Waals surface area contributed by atoms with E-state index in [2.05, 4.69) is 10.6 Å². The molecule has 1 aliphatic rings. The van der Waals surface area contributed by atoms with E-state index in [1.807, 2.05) is 0 Å². The molecule has 108 valence electrons. The van der Waals surface area contributed by atoms with Crippen molar-refractivity contribution in [1.82, 2.24) is 10.6 Å². The summed E-state index contributed by atoms with van der Waals surface area (Å²) < 4.78 is 0. The number of aliphatic carboxylic acids is 1. The summed E-state index contributed by atoms with van der Waals surface area (Å²) in [5, 5.41) is 13.9. The standard InChI is InChI=1S/C13H22N2O4/c1-9(8-12(17)18)15-11(16)6-7-14-13(19)10-4-2-3-5-10/h9-10H,2-8H2,1H3,(H,14,19)(H,15,16)(H,17,18). The first-order chi connectivity index (χ1) is 8.99. The van der Waals surface area contributed by atoms with E-state index in [1.54, 1.807) is 6.92 Å². The van der Waals surface area contributed by atoms with Gasteiger partial charge in [-0.25, -0.2) is 0 Å². The van der Waals surface area contributed by atoms with Crippen molar-refractivity contribution < 1.29 is 19.5 Å². The van der Waals surface area contributed by atoms with E-state index in [4.69, 9.17) is 5.11 Å². The lowest BCUT2D eigenvalue weighted by atomic mass is 10.1. The molecule has 6 nitrogen and oxygen atoms in total. The Hall–Kier alpha value is -1.59. The molecule has 1 fully saturated rings. The van der Waals surface area contributed by atoms with Crippen LogP contribution in [0, 0.1) is 5.92 Å². The fourth-order valence-electron chi connectivity index (χ4n) is 2.29. The Morgan fingerprint density at radius 1 is 1.26 bits per heavy atom. The van der Waals surface area contributed by atoms with Crippen molar-refractivity contribution in [1.29, 1.82) is 0 Å². The van der Waals surface area contributed by atoms with E-state index in [9.17, 15) is 14.4 Å². The van der Waals surface area contributed by atoms with Crippen LogP contribution in [0.15, 0.2) is 0 Å². The smallest absolute Gasteiger partial charge is 0.305 e. The zero-order chi connectivity index (χ0) is 14.3. The maximum absolute atomic E-state index is 11.7. The first kappa shape index (κ1) is 15.5. The van der Waals surface area contributed by atoms with Gasteiger partial charge in [-0.1, -0.05) is 12.8 Å². The molecule has 2 amide bonds. The third kappa shape index (κ3) is 6.22. The van der Waals surface area contributed by atoms with Gasteiger partial charge in [0.2, 0.25) is 11.8 Å². The third-order valence-electron chi connectivity index (χ3n) is 3.27. The van der Waals surface area contributed by atoms with Crippen LogP contribution < -0.4 is 10.6 Å². The molecule has 19 heavy (non-hydrogen) atoms. The van der Waals surface area contributed by atoms with Crippen molar-refractivity contribution >= 4 is 17.8 Å². The van der Waals surface area contributed by atoms with Crippen LogP contribution >= 0.6 is 0 Å². The zero-order valence-corrected chi connectivity index (χ0v) is 11.3. The molecule has 1 atom stereocenters. The van der Waals surface area contributed by atoms with Crippen molar-refractivity contribution in [3.05, 3.63) is 0 Å². The molecule has 0 heterocycles. The lowest BCUT2D eigenvalue weighted by Gasteiger charge is -2.13. The summed E-state index contributed by atoms with van der Waals surface area (Å²) in [4.78, 5) is 33.6. The Kier molecular flexibility index (Phi) is 6.32. The topological polar surface area (TPSA) is 95.5 Å². The Bertz CT molecular complexity index is 338. The SMILES string of the molecule is CC(CC(=O)O)NC(=O)CCNC(=O)C1CCCC1. The number of carboxylic acid groups (broad SMARTS) is 1. The predicted octanol–water partition coefficient (Wildman–Crippen LogP) is 0.662. The molecule has 0 bridgehead atoms. The number of hydrogen-bond acceptors (Lipinski definition) is 3. The van der Waals surface area contributed by atoms with Gasteiger partial charge in [-0.05, 0) is 19.8 Å². The van der Waals surface area contributed by atoms with Crippen LogP contribution in [0.4, 0.5) is 0 Å². The number of hydrogen-bond donors (Lipinski definition) is 3. The number of carboxylic acids is 1. The minimum Gasteiger partial charge on any atom is -0.481 e. The third-order valence-corrected chi connectivity index (χ3v) is 3.27. The molecule has 0 radical (unpaired) electrons. The normalized spacial score (nSPS) is 16.9. The molecule has 1 saturated carbocycles. The van der Waals surface area contributed by atoms with Crippen LogP contribution in [0.2, 0.25) is 0 Å². The number of amides is 2. The van der Waals surface area contributed by atoms with Gasteiger partial charge in [0.1, 0.15) is 0 Å². The van der Waals surface area contributed by atoms with Gasteiger partial charge < -0.3 is 15.7 Å². The van der Waals surface area contributed by atoms with E-state index in [0.717, 1.165) is 25.7 Å². The van der Waals surface area contributed by atoms with E-state index in [-0.39, 0.29) is 30.6 Å². The first-order valence-electron chi connectivity index (χ1n) is 6.78. The van der Waals surface area contributed by atoms with Gasteiger partial charge in [-0.15, -0.1) is 0 Å². The first-order valence-corrected chi connectivity index (χ1v) is 6.78. The fraction of sp³-hybridized carbons (Fsp3) is 0.769. The van der Waals surface area contributed by atoms with Gasteiger partial charge >= 0.3 is 5.97 Å². The fourth-order valence-corrected chi connectivity index (χ4v) is 2.29. The van der Waals surface area contributed by atoms with Crippen molar-refractivity contribution in [3.63, 3.8) is 0 Å². The Labute approximate surface area is 112 Å². The summed E-state index contributed by atoms with van der Waals surface area (Å²) >= 11 is 0. The highest BCUT2D eigenvalue weighted by Crippen LogP contribution is 2.24. The molecule has 0 saturated heterocycles. The molecular formula is C13H22N2O4. The molecule has 3 N–H and O–H groups in total. The summed E-state index contributed by atoms with van der Waals surface area (Å²) in [6.45, 7) is 1.95. The molecule has 0 aliphatic heterocycles. The van der Waals surface area contributed by atoms with Gasteiger partial charge in [-0.2, -0.15) is 0 Å². The van der Waals surface area contributed by atoms with E-state index in [0.29, 0.717) is 6.54 Å². The molecule has 0 aromatic rings. The quantitative estimate of drug-likeness (QED) is 0.633. The van der Waals surface area contributed by atoms with E-state index < -0.39 is 12.0 Å². The summed E-state index contributed by atoms with van der Waals surface area (Å²) in [5.41, 5.74) is 0. The summed E-state index contributed by atoms with van der Waals surface area (Å²) in [5.74, 6) is -1.04. The number of carbonyl (C=O) groups is 3. The van der Waals surface area contributed by atoms with Crippen molar-refractivity contribution in [2.75, 3.05) is 6.54 Å². The van der Waals surface area contributed by atoms with Gasteiger partial charge in [0, 0.05) is 24.9 Å². The highest BCUT2D eigenvalue weighted by atomic mass is 16.4. The van der Waals surface area contributed by atoms with Crippen LogP contribution in [-0.2, 0) is 14.4 Å². The molecule has 1 rings (SSSR count). The van der Waals surface area contributed by atoms with E-state index in [1.165, 1.54) is 0 Å². The highest BCUT2D eigenvalue weighted by Gasteiger charge is 2.22. The zero-order valence-electron chi connectivity index (χ0n) is 11.3. The largest absolute Gasteiger partial charge is 0.481 e. The second kappa shape index (κ2) is 7.76. The molecule has 1 unspecified atom stereocenters. The monoisotopic (exact) mass is 270 g/mol. The molecule has 6 heteroatoms. The van der Waals surface area contributed by atoms with Crippen LogP contribution in [0.1, 0.15) is 45.4 Å². The Morgan fingerprint density at radius 2 is 1.89 bits per heavy atom. The lowest BCUT2D eigenvalue weighted by Crippen LogP contribution is -2.37. The lowest BCUT2D eigenvalue weighted by molar-refractivity contribution is -0.137. The van der Waals surface area contributed by atoms with Crippen molar-refractivity contribution in [2.45, 2.75) is 51.5 Å². The van der Waals surface area contributed by atoms with E-state index >= 15 is 0 Å². The predicted molar refractivity (Wildman–Crippen MR) is 69.4 cm³/mol. The van der Waals surface area contributed by atoms with Crippen molar-refractivity contribution in [3.8, 4) is 0 Å². The average molecular weight is 270 g/mol. The Morgan fingerprint density at radius 3 is 2.47 bits per heavy atom. The van der Waals surface area contributed by atoms with Crippen molar-refractivity contribution in [2.24, 2.45) is 5.92 Å². The summed E-state index contributed by atoms with van der Waals surface area (Å²) in [6, 6.07) is -0.393. The van der Waals surface area contributed by atoms with Crippen LogP contribution in [0.25, 0.3) is 0 Å². The maximum Gasteiger partial charge on any atom is 0.305 e. The van der Waals surface area contributed by atoms with Gasteiger partial charge in [-0.3, -0.25) is 14.4 Å². The van der Waals surface area contributed by atoms with Crippen LogP contribution in [-0.4, -0.2) is 35.5 Å². The molecular weight excluding hydrogens is 248 g/mol. The van der Waals surface area contributed by atoms with Crippen LogP contribution in [0.5, 0.6) is 0 Å². The molecule has 0 aromatic carbocycles. The summed E-state index contributed by atoms with van der Waals surface area (Å²) in [6.07, 6.45) is 4.17. The molecule has 0 aromatic heterocycles. The van der Waals surface area contributed by atoms with Gasteiger partial charge in [0.25, 0.3) is 0 Å². The number of carbonyl (C=O) groups excluding carboxylic acids is 2.